The number of aliphatic hydroxyl groups excluding tert-OH is 1. The SMILES string of the molecule is COC(=O)N1CC(=O)C(c2cn(C(C)=O)c3ccccc23)=C(O)C1. The Balaban J connectivity index is 2.15. The number of hydrogen-bond donors (Lipinski definition) is 1. The van der Waals surface area contributed by atoms with Crippen LogP contribution in [-0.2, 0) is 9.53 Å². The maximum atomic E-state index is 12.5. The first-order valence-corrected chi connectivity index (χ1v) is 7.33. The molecule has 0 saturated carbocycles. The molecule has 7 heteroatoms. The second kappa shape index (κ2) is 5.84. The zero-order valence-electron chi connectivity index (χ0n) is 13.3. The first kappa shape index (κ1) is 15.8. The Hall–Kier alpha value is -3.09. The number of hydrogen-bond acceptors (Lipinski definition) is 5. The van der Waals surface area contributed by atoms with Crippen LogP contribution in [0.25, 0.3) is 16.5 Å². The maximum absolute atomic E-state index is 12.5. The van der Waals surface area contributed by atoms with E-state index in [2.05, 4.69) is 4.74 Å². The van der Waals surface area contributed by atoms with Gasteiger partial charge in [0.15, 0.2) is 5.78 Å². The molecule has 1 aromatic heterocycles. The number of benzene rings is 1. The van der Waals surface area contributed by atoms with Crippen molar-refractivity contribution in [1.82, 2.24) is 9.47 Å². The van der Waals surface area contributed by atoms with Crippen molar-refractivity contribution in [3.63, 3.8) is 0 Å². The summed E-state index contributed by atoms with van der Waals surface area (Å²) in [5, 5.41) is 11.0. The van der Waals surface area contributed by atoms with Gasteiger partial charge in [0.05, 0.1) is 31.3 Å². The first-order chi connectivity index (χ1) is 11.4. The van der Waals surface area contributed by atoms with Gasteiger partial charge in [-0.05, 0) is 6.07 Å². The number of carbonyl (C=O) groups is 3. The van der Waals surface area contributed by atoms with Gasteiger partial charge in [-0.15, -0.1) is 0 Å². The van der Waals surface area contributed by atoms with Crippen LogP contribution in [0.5, 0.6) is 0 Å². The fourth-order valence-corrected chi connectivity index (χ4v) is 2.93. The minimum Gasteiger partial charge on any atom is -0.510 e. The normalized spacial score (nSPS) is 15.1. The van der Waals surface area contributed by atoms with Gasteiger partial charge in [0, 0.05) is 24.1 Å². The number of para-hydroxylation sites is 1. The molecule has 0 bridgehead atoms. The Morgan fingerprint density at radius 3 is 2.54 bits per heavy atom. The van der Waals surface area contributed by atoms with Crippen molar-refractivity contribution in [2.45, 2.75) is 6.92 Å². The number of fused-ring (bicyclic) bond motifs is 1. The maximum Gasteiger partial charge on any atom is 0.410 e. The summed E-state index contributed by atoms with van der Waals surface area (Å²) < 4.78 is 6.02. The summed E-state index contributed by atoms with van der Waals surface area (Å²) in [6.07, 6.45) is 0.865. The number of aromatic nitrogens is 1. The van der Waals surface area contributed by atoms with Crippen LogP contribution >= 0.6 is 0 Å². The van der Waals surface area contributed by atoms with Gasteiger partial charge in [-0.3, -0.25) is 19.1 Å². The van der Waals surface area contributed by atoms with Crippen molar-refractivity contribution >= 4 is 34.3 Å². The van der Waals surface area contributed by atoms with Gasteiger partial charge in [-0.1, -0.05) is 18.2 Å². The van der Waals surface area contributed by atoms with Crippen LogP contribution in [0.3, 0.4) is 0 Å². The van der Waals surface area contributed by atoms with Crippen LogP contribution in [0.1, 0.15) is 17.3 Å². The molecule has 0 spiro atoms. The van der Waals surface area contributed by atoms with Gasteiger partial charge >= 0.3 is 6.09 Å². The third-order valence-electron chi connectivity index (χ3n) is 4.00. The minimum atomic E-state index is -0.680. The van der Waals surface area contributed by atoms with Gasteiger partial charge in [-0.25, -0.2) is 4.79 Å². The first-order valence-electron chi connectivity index (χ1n) is 7.33. The Kier molecular flexibility index (Phi) is 3.84. The molecule has 1 aliphatic heterocycles. The molecule has 0 atom stereocenters. The van der Waals surface area contributed by atoms with E-state index >= 15 is 0 Å². The van der Waals surface area contributed by atoms with Crippen molar-refractivity contribution < 1.29 is 24.2 Å². The van der Waals surface area contributed by atoms with Gasteiger partial charge in [0.25, 0.3) is 0 Å². The molecule has 0 saturated heterocycles. The molecule has 0 aliphatic carbocycles. The summed E-state index contributed by atoms with van der Waals surface area (Å²) in [5.74, 6) is -0.823. The second-order valence-electron chi connectivity index (χ2n) is 5.52. The third kappa shape index (κ3) is 2.44. The lowest BCUT2D eigenvalue weighted by Crippen LogP contribution is -2.41. The fourth-order valence-electron chi connectivity index (χ4n) is 2.93. The summed E-state index contributed by atoms with van der Waals surface area (Å²) >= 11 is 0. The van der Waals surface area contributed by atoms with E-state index in [4.69, 9.17) is 0 Å². The topological polar surface area (TPSA) is 88.8 Å². The summed E-state index contributed by atoms with van der Waals surface area (Å²) in [4.78, 5) is 37.0. The molecule has 0 radical (unpaired) electrons. The van der Waals surface area contributed by atoms with Crippen LogP contribution in [0.4, 0.5) is 4.79 Å². The molecule has 1 N–H and O–H groups in total. The van der Waals surface area contributed by atoms with E-state index in [0.29, 0.717) is 16.5 Å². The summed E-state index contributed by atoms with van der Waals surface area (Å²) in [6.45, 7) is 1.12. The highest BCUT2D eigenvalue weighted by Gasteiger charge is 2.32. The van der Waals surface area contributed by atoms with E-state index < -0.39 is 11.9 Å². The van der Waals surface area contributed by atoms with E-state index in [1.54, 1.807) is 30.5 Å². The number of amides is 1. The fraction of sp³-hybridized carbons (Fsp3) is 0.235. The minimum absolute atomic E-state index is 0.118. The molecule has 1 aromatic carbocycles. The van der Waals surface area contributed by atoms with Crippen LogP contribution in [0, 0.1) is 0 Å². The Morgan fingerprint density at radius 2 is 1.92 bits per heavy atom. The molecule has 7 nitrogen and oxygen atoms in total. The third-order valence-corrected chi connectivity index (χ3v) is 4.00. The average molecular weight is 328 g/mol. The number of rotatable bonds is 1. The smallest absolute Gasteiger partial charge is 0.410 e. The lowest BCUT2D eigenvalue weighted by molar-refractivity contribution is -0.115. The number of methoxy groups -OCH3 is 1. The number of aliphatic hydroxyl groups is 1. The number of Topliss-reactive ketones (excluding diaryl/α,β-unsaturated/α-hetero) is 1. The van der Waals surface area contributed by atoms with Crippen molar-refractivity contribution in [2.75, 3.05) is 20.2 Å². The number of ketones is 1. The number of ether oxygens (including phenoxy) is 1. The Labute approximate surface area is 137 Å². The van der Waals surface area contributed by atoms with Crippen molar-refractivity contribution in [3.8, 4) is 0 Å². The van der Waals surface area contributed by atoms with Crippen LogP contribution < -0.4 is 0 Å². The molecule has 0 fully saturated rings. The number of carbonyl (C=O) groups excluding carboxylic acids is 3. The highest BCUT2D eigenvalue weighted by molar-refractivity contribution is 6.26. The van der Waals surface area contributed by atoms with Crippen LogP contribution in [0.2, 0.25) is 0 Å². The lowest BCUT2D eigenvalue weighted by Gasteiger charge is -2.26. The zero-order chi connectivity index (χ0) is 17.4. The Morgan fingerprint density at radius 1 is 1.21 bits per heavy atom. The van der Waals surface area contributed by atoms with E-state index in [1.807, 2.05) is 0 Å². The molecule has 2 aromatic rings. The van der Waals surface area contributed by atoms with Crippen molar-refractivity contribution in [1.29, 1.82) is 0 Å². The molecule has 24 heavy (non-hydrogen) atoms. The van der Waals surface area contributed by atoms with E-state index in [9.17, 15) is 19.5 Å². The largest absolute Gasteiger partial charge is 0.510 e. The van der Waals surface area contributed by atoms with E-state index in [0.717, 1.165) is 4.90 Å². The van der Waals surface area contributed by atoms with Gasteiger partial charge < -0.3 is 9.84 Å². The standard InChI is InChI=1S/C17H16N2O5/c1-10(20)19-7-12(11-5-3-4-6-13(11)19)16-14(21)8-18(9-15(16)22)17(23)24-2/h3-7,21H,8-9H2,1-2H3. The average Bonchev–Trinajstić information content (AvgIpc) is 2.93. The second-order valence-corrected chi connectivity index (χ2v) is 5.52. The summed E-state index contributed by atoms with van der Waals surface area (Å²) in [7, 11) is 1.21. The molecule has 1 aliphatic rings. The van der Waals surface area contributed by atoms with Gasteiger partial charge in [0.1, 0.15) is 5.76 Å². The van der Waals surface area contributed by atoms with E-state index in [-0.39, 0.29) is 30.3 Å². The molecule has 2 heterocycles. The molecular formula is C17H16N2O5. The van der Waals surface area contributed by atoms with Crippen LogP contribution in [-0.4, -0.2) is 52.6 Å². The monoisotopic (exact) mass is 328 g/mol. The zero-order valence-corrected chi connectivity index (χ0v) is 13.3. The Bertz CT molecular complexity index is 894. The highest BCUT2D eigenvalue weighted by atomic mass is 16.5. The predicted molar refractivity (Wildman–Crippen MR) is 86.8 cm³/mol. The summed E-state index contributed by atoms with van der Waals surface area (Å²) in [5.41, 5.74) is 1.27. The molecule has 1 amide bonds. The molecular weight excluding hydrogens is 312 g/mol. The van der Waals surface area contributed by atoms with Gasteiger partial charge in [0.2, 0.25) is 5.91 Å². The molecule has 3 rings (SSSR count). The van der Waals surface area contributed by atoms with Crippen molar-refractivity contribution in [2.24, 2.45) is 0 Å². The van der Waals surface area contributed by atoms with E-state index in [1.165, 1.54) is 18.6 Å². The quantitative estimate of drug-likeness (QED) is 0.867. The van der Waals surface area contributed by atoms with Crippen molar-refractivity contribution in [3.05, 3.63) is 41.8 Å². The highest BCUT2D eigenvalue weighted by Crippen LogP contribution is 2.31. The van der Waals surface area contributed by atoms with Gasteiger partial charge in [-0.2, -0.15) is 0 Å². The predicted octanol–water partition coefficient (Wildman–Crippen LogP) is 2.22. The lowest BCUT2D eigenvalue weighted by atomic mass is 9.96. The molecule has 124 valence electrons. The molecule has 0 unspecified atom stereocenters. The summed E-state index contributed by atoms with van der Waals surface area (Å²) in [6, 6.07) is 7.14. The number of nitrogens with zero attached hydrogens (tertiary/aromatic N) is 2. The van der Waals surface area contributed by atoms with Crippen LogP contribution in [0.15, 0.2) is 36.2 Å².